The quantitative estimate of drug-likeness (QED) is 0.923. The summed E-state index contributed by atoms with van der Waals surface area (Å²) in [6.07, 6.45) is 2.33. The molecule has 2 heterocycles. The predicted octanol–water partition coefficient (Wildman–Crippen LogP) is 2.69. The van der Waals surface area contributed by atoms with Gasteiger partial charge in [-0.1, -0.05) is 0 Å². The van der Waals surface area contributed by atoms with Crippen molar-refractivity contribution in [2.24, 2.45) is 5.92 Å². The topological polar surface area (TPSA) is 39.7 Å². The van der Waals surface area contributed by atoms with Gasteiger partial charge < -0.3 is 19.5 Å². The van der Waals surface area contributed by atoms with Gasteiger partial charge in [-0.15, -0.1) is 0 Å². The van der Waals surface area contributed by atoms with Gasteiger partial charge in [-0.2, -0.15) is 0 Å². The maximum absolute atomic E-state index is 5.42. The molecule has 0 amide bonds. The molecule has 19 heavy (non-hydrogen) atoms. The zero-order valence-corrected chi connectivity index (χ0v) is 12.4. The van der Waals surface area contributed by atoms with Crippen molar-refractivity contribution in [3.05, 3.63) is 22.2 Å². The van der Waals surface area contributed by atoms with Crippen LogP contribution in [0.1, 0.15) is 18.4 Å². The summed E-state index contributed by atoms with van der Waals surface area (Å²) in [6.45, 7) is 4.03. The number of benzene rings is 1. The van der Waals surface area contributed by atoms with E-state index in [2.05, 4.69) is 27.3 Å². The van der Waals surface area contributed by atoms with E-state index >= 15 is 0 Å². The molecule has 5 heteroatoms. The summed E-state index contributed by atoms with van der Waals surface area (Å²) in [7, 11) is 0. The molecule has 2 aliphatic rings. The standard InChI is InChI=1S/C14H18BrNO3/c15-12-5-11(6-13-14(12)19-9-18-13)8-16-7-10-1-3-17-4-2-10/h5-6,10,16H,1-4,7-9H2. The third-order valence-corrected chi connectivity index (χ3v) is 4.18. The van der Waals surface area contributed by atoms with Crippen LogP contribution in [0, 0.1) is 5.92 Å². The van der Waals surface area contributed by atoms with Gasteiger partial charge in [0.1, 0.15) is 0 Å². The first kappa shape index (κ1) is 13.2. The summed E-state index contributed by atoms with van der Waals surface area (Å²) >= 11 is 3.52. The van der Waals surface area contributed by atoms with E-state index in [-0.39, 0.29) is 0 Å². The Balaban J connectivity index is 1.54. The van der Waals surface area contributed by atoms with E-state index in [1.807, 2.05) is 6.07 Å². The van der Waals surface area contributed by atoms with E-state index in [0.717, 1.165) is 61.0 Å². The van der Waals surface area contributed by atoms with Gasteiger partial charge >= 0.3 is 0 Å². The Morgan fingerprint density at radius 2 is 2.05 bits per heavy atom. The van der Waals surface area contributed by atoms with Crippen molar-refractivity contribution in [3.8, 4) is 11.5 Å². The highest BCUT2D eigenvalue weighted by Crippen LogP contribution is 2.39. The lowest BCUT2D eigenvalue weighted by molar-refractivity contribution is 0.0662. The largest absolute Gasteiger partial charge is 0.454 e. The molecule has 0 bridgehead atoms. The third kappa shape index (κ3) is 3.22. The van der Waals surface area contributed by atoms with Crippen LogP contribution in [0.5, 0.6) is 11.5 Å². The average Bonchev–Trinajstić information content (AvgIpc) is 2.89. The van der Waals surface area contributed by atoms with E-state index in [4.69, 9.17) is 14.2 Å². The molecule has 2 aliphatic heterocycles. The van der Waals surface area contributed by atoms with Crippen molar-refractivity contribution in [2.45, 2.75) is 19.4 Å². The number of ether oxygens (including phenoxy) is 3. The molecule has 1 aromatic carbocycles. The highest BCUT2D eigenvalue weighted by atomic mass is 79.9. The minimum absolute atomic E-state index is 0.312. The maximum Gasteiger partial charge on any atom is 0.231 e. The van der Waals surface area contributed by atoms with E-state index in [1.165, 1.54) is 5.56 Å². The monoisotopic (exact) mass is 327 g/mol. The number of fused-ring (bicyclic) bond motifs is 1. The van der Waals surface area contributed by atoms with Gasteiger partial charge in [-0.05, 0) is 58.9 Å². The molecule has 1 aromatic rings. The first-order valence-electron chi connectivity index (χ1n) is 6.69. The van der Waals surface area contributed by atoms with Crippen LogP contribution in [-0.4, -0.2) is 26.6 Å². The Morgan fingerprint density at radius 1 is 1.21 bits per heavy atom. The van der Waals surface area contributed by atoms with E-state index < -0.39 is 0 Å². The van der Waals surface area contributed by atoms with Crippen molar-refractivity contribution in [2.75, 3.05) is 26.6 Å². The van der Waals surface area contributed by atoms with Gasteiger partial charge in [0.05, 0.1) is 4.47 Å². The molecule has 104 valence electrons. The maximum atomic E-state index is 5.42. The number of hydrogen-bond donors (Lipinski definition) is 1. The smallest absolute Gasteiger partial charge is 0.231 e. The van der Waals surface area contributed by atoms with E-state index in [0.29, 0.717) is 6.79 Å². The summed E-state index contributed by atoms with van der Waals surface area (Å²) in [5, 5.41) is 3.52. The highest BCUT2D eigenvalue weighted by Gasteiger charge is 2.18. The molecule has 1 fully saturated rings. The van der Waals surface area contributed by atoms with Crippen LogP contribution in [-0.2, 0) is 11.3 Å². The van der Waals surface area contributed by atoms with Gasteiger partial charge in [0.25, 0.3) is 0 Å². The lowest BCUT2D eigenvalue weighted by Crippen LogP contribution is -2.27. The Hall–Kier alpha value is -0.780. The molecule has 0 aromatic heterocycles. The number of nitrogens with one attached hydrogen (secondary N) is 1. The van der Waals surface area contributed by atoms with Crippen LogP contribution in [0.2, 0.25) is 0 Å². The van der Waals surface area contributed by atoms with Crippen LogP contribution in [0.3, 0.4) is 0 Å². The zero-order valence-electron chi connectivity index (χ0n) is 10.8. The fourth-order valence-electron chi connectivity index (χ4n) is 2.49. The van der Waals surface area contributed by atoms with Crippen LogP contribution in [0.25, 0.3) is 0 Å². The molecule has 1 N–H and O–H groups in total. The molecule has 4 nitrogen and oxygen atoms in total. The lowest BCUT2D eigenvalue weighted by Gasteiger charge is -2.22. The van der Waals surface area contributed by atoms with Crippen LogP contribution in [0.15, 0.2) is 16.6 Å². The minimum atomic E-state index is 0.312. The summed E-state index contributed by atoms with van der Waals surface area (Å²) in [5.74, 6) is 2.39. The third-order valence-electron chi connectivity index (χ3n) is 3.59. The first-order chi connectivity index (χ1) is 9.33. The van der Waals surface area contributed by atoms with Crippen molar-refractivity contribution in [1.29, 1.82) is 0 Å². The summed E-state index contributed by atoms with van der Waals surface area (Å²) < 4.78 is 17.1. The second-order valence-corrected chi connectivity index (χ2v) is 5.85. The Morgan fingerprint density at radius 3 is 2.89 bits per heavy atom. The van der Waals surface area contributed by atoms with E-state index in [9.17, 15) is 0 Å². The second-order valence-electron chi connectivity index (χ2n) is 5.00. The molecule has 3 rings (SSSR count). The van der Waals surface area contributed by atoms with Crippen molar-refractivity contribution >= 4 is 15.9 Å². The molecule has 1 saturated heterocycles. The molecule has 0 unspecified atom stereocenters. The zero-order chi connectivity index (χ0) is 13.1. The Kier molecular flexibility index (Phi) is 4.25. The van der Waals surface area contributed by atoms with Crippen LogP contribution >= 0.6 is 15.9 Å². The van der Waals surface area contributed by atoms with Crippen molar-refractivity contribution in [3.63, 3.8) is 0 Å². The van der Waals surface area contributed by atoms with Crippen molar-refractivity contribution in [1.82, 2.24) is 5.32 Å². The summed E-state index contributed by atoms with van der Waals surface area (Å²) in [5.41, 5.74) is 1.21. The molecule has 0 spiro atoms. The fourth-order valence-corrected chi connectivity index (χ4v) is 3.10. The average molecular weight is 328 g/mol. The molecule has 0 radical (unpaired) electrons. The predicted molar refractivity (Wildman–Crippen MR) is 75.5 cm³/mol. The first-order valence-corrected chi connectivity index (χ1v) is 7.49. The van der Waals surface area contributed by atoms with Gasteiger partial charge in [-0.3, -0.25) is 0 Å². The Labute approximate surface area is 121 Å². The van der Waals surface area contributed by atoms with Crippen molar-refractivity contribution < 1.29 is 14.2 Å². The van der Waals surface area contributed by atoms with Crippen LogP contribution in [0.4, 0.5) is 0 Å². The van der Waals surface area contributed by atoms with E-state index in [1.54, 1.807) is 0 Å². The lowest BCUT2D eigenvalue weighted by atomic mass is 10.0. The molecular formula is C14H18BrNO3. The molecule has 0 atom stereocenters. The Bertz CT molecular complexity index is 447. The van der Waals surface area contributed by atoms with Gasteiger partial charge in [-0.25, -0.2) is 0 Å². The number of halogens is 1. The SMILES string of the molecule is Brc1cc(CNCC2CCOCC2)cc2c1OCO2. The van der Waals surface area contributed by atoms with Gasteiger partial charge in [0, 0.05) is 19.8 Å². The van der Waals surface area contributed by atoms with Gasteiger partial charge in [0.15, 0.2) is 11.5 Å². The minimum Gasteiger partial charge on any atom is -0.454 e. The molecule has 0 saturated carbocycles. The van der Waals surface area contributed by atoms with Gasteiger partial charge in [0.2, 0.25) is 6.79 Å². The fraction of sp³-hybridized carbons (Fsp3) is 0.571. The number of rotatable bonds is 4. The molecular weight excluding hydrogens is 310 g/mol. The normalized spacial score (nSPS) is 18.8. The highest BCUT2D eigenvalue weighted by molar-refractivity contribution is 9.10. The molecule has 0 aliphatic carbocycles. The second kappa shape index (κ2) is 6.11. The summed E-state index contributed by atoms with van der Waals surface area (Å²) in [6, 6.07) is 4.13. The van der Waals surface area contributed by atoms with Crippen LogP contribution < -0.4 is 14.8 Å². The number of hydrogen-bond acceptors (Lipinski definition) is 4. The summed E-state index contributed by atoms with van der Waals surface area (Å²) in [4.78, 5) is 0.